The Bertz CT molecular complexity index is 463. The average Bonchev–Trinajstić information content (AvgIpc) is 2.81. The summed E-state index contributed by atoms with van der Waals surface area (Å²) in [5, 5.41) is 9.19. The smallest absolute Gasteiger partial charge is 0.307 e. The van der Waals surface area contributed by atoms with Gasteiger partial charge in [0, 0.05) is 5.92 Å². The van der Waals surface area contributed by atoms with Gasteiger partial charge in [0.2, 0.25) is 0 Å². The zero-order valence-corrected chi connectivity index (χ0v) is 10.7. The molecule has 3 heteroatoms. The van der Waals surface area contributed by atoms with E-state index in [2.05, 4.69) is 0 Å². The van der Waals surface area contributed by atoms with Crippen molar-refractivity contribution < 1.29 is 14.6 Å². The molecule has 1 N–H and O–H groups in total. The molecule has 17 heavy (non-hydrogen) atoms. The fraction of sp³-hybridized carbons (Fsp3) is 0.500. The summed E-state index contributed by atoms with van der Waals surface area (Å²) in [5.74, 6) is -0.0349. The molecule has 0 unspecified atom stereocenters. The summed E-state index contributed by atoms with van der Waals surface area (Å²) in [6, 6.07) is 5.85. The minimum atomic E-state index is -0.699. The summed E-state index contributed by atoms with van der Waals surface area (Å²) in [6.45, 7) is 6.03. The van der Waals surface area contributed by atoms with Crippen LogP contribution < -0.4 is 4.74 Å². The number of hydrogen-bond acceptors (Lipinski definition) is 2. The Balaban J connectivity index is 2.34. The van der Waals surface area contributed by atoms with Crippen LogP contribution in [0.25, 0.3) is 0 Å². The van der Waals surface area contributed by atoms with Crippen molar-refractivity contribution in [3.05, 3.63) is 29.3 Å². The summed E-state index contributed by atoms with van der Waals surface area (Å²) in [7, 11) is 1.63. The summed E-state index contributed by atoms with van der Waals surface area (Å²) in [5.41, 5.74) is 2.08. The van der Waals surface area contributed by atoms with Gasteiger partial charge in [0.1, 0.15) is 5.75 Å². The van der Waals surface area contributed by atoms with E-state index >= 15 is 0 Å². The van der Waals surface area contributed by atoms with Crippen LogP contribution in [-0.2, 0) is 4.79 Å². The van der Waals surface area contributed by atoms with Gasteiger partial charge >= 0.3 is 5.97 Å². The average molecular weight is 234 g/mol. The van der Waals surface area contributed by atoms with Crippen LogP contribution in [0.5, 0.6) is 5.75 Å². The van der Waals surface area contributed by atoms with Gasteiger partial charge in [0.25, 0.3) is 0 Å². The molecule has 1 saturated carbocycles. The van der Waals surface area contributed by atoms with Crippen LogP contribution in [-0.4, -0.2) is 18.2 Å². The Labute approximate surface area is 101 Å². The van der Waals surface area contributed by atoms with Crippen LogP contribution in [0.4, 0.5) is 0 Å². The van der Waals surface area contributed by atoms with Crippen molar-refractivity contribution in [1.29, 1.82) is 0 Å². The maximum atomic E-state index is 11.2. The van der Waals surface area contributed by atoms with Crippen LogP contribution in [0, 0.1) is 18.3 Å². The Morgan fingerprint density at radius 2 is 2.06 bits per heavy atom. The molecule has 1 aliphatic carbocycles. The predicted molar refractivity (Wildman–Crippen MR) is 65.4 cm³/mol. The van der Waals surface area contributed by atoms with E-state index in [0.29, 0.717) is 0 Å². The molecule has 1 aromatic rings. The number of carbonyl (C=O) groups is 1. The molecule has 0 heterocycles. The number of aryl methyl sites for hydroxylation is 1. The molecular weight excluding hydrogens is 216 g/mol. The quantitative estimate of drug-likeness (QED) is 0.874. The van der Waals surface area contributed by atoms with Crippen molar-refractivity contribution in [2.24, 2.45) is 11.3 Å². The highest BCUT2D eigenvalue weighted by Crippen LogP contribution is 2.65. The van der Waals surface area contributed by atoms with Crippen molar-refractivity contribution in [1.82, 2.24) is 0 Å². The van der Waals surface area contributed by atoms with Gasteiger partial charge in [0.15, 0.2) is 0 Å². The lowest BCUT2D eigenvalue weighted by molar-refractivity contribution is -0.139. The third-order valence-electron chi connectivity index (χ3n) is 3.91. The molecule has 0 aromatic heterocycles. The predicted octanol–water partition coefficient (Wildman–Crippen LogP) is 2.83. The second-order valence-electron chi connectivity index (χ2n) is 5.34. The van der Waals surface area contributed by atoms with Gasteiger partial charge in [-0.25, -0.2) is 0 Å². The summed E-state index contributed by atoms with van der Waals surface area (Å²) in [4.78, 5) is 11.2. The van der Waals surface area contributed by atoms with E-state index in [1.54, 1.807) is 7.11 Å². The van der Waals surface area contributed by atoms with E-state index in [9.17, 15) is 9.90 Å². The summed E-state index contributed by atoms with van der Waals surface area (Å²) >= 11 is 0. The number of hydrogen-bond donors (Lipinski definition) is 1. The standard InChI is InChI=1S/C14H18O3/c1-8-7-9(17-4)5-6-10(8)11-12(13(15)16)14(11,2)3/h5-7,11-12H,1-4H3,(H,15,16)/t11-,12+/m0/s1. The normalized spacial score (nSPS) is 25.4. The molecule has 0 radical (unpaired) electrons. The molecular formula is C14H18O3. The molecule has 0 bridgehead atoms. The Kier molecular flexibility index (Phi) is 2.64. The SMILES string of the molecule is COc1ccc([C@H]2[C@H](C(=O)O)C2(C)C)c(C)c1. The number of rotatable bonds is 3. The summed E-state index contributed by atoms with van der Waals surface area (Å²) in [6.07, 6.45) is 0. The van der Waals surface area contributed by atoms with Gasteiger partial charge in [-0.3, -0.25) is 4.79 Å². The van der Waals surface area contributed by atoms with E-state index in [4.69, 9.17) is 4.74 Å². The fourth-order valence-corrected chi connectivity index (χ4v) is 2.80. The Hall–Kier alpha value is -1.51. The third-order valence-corrected chi connectivity index (χ3v) is 3.91. The van der Waals surface area contributed by atoms with Crippen molar-refractivity contribution in [3.8, 4) is 5.75 Å². The highest BCUT2D eigenvalue weighted by atomic mass is 16.5. The molecule has 0 spiro atoms. The van der Waals surface area contributed by atoms with E-state index in [0.717, 1.165) is 16.9 Å². The Morgan fingerprint density at radius 1 is 1.41 bits per heavy atom. The molecule has 92 valence electrons. The second-order valence-corrected chi connectivity index (χ2v) is 5.34. The lowest BCUT2D eigenvalue weighted by Crippen LogP contribution is -2.03. The second kappa shape index (κ2) is 3.76. The molecule has 3 nitrogen and oxygen atoms in total. The van der Waals surface area contributed by atoms with Gasteiger partial charge < -0.3 is 9.84 Å². The van der Waals surface area contributed by atoms with Crippen molar-refractivity contribution in [2.75, 3.05) is 7.11 Å². The number of aliphatic carboxylic acids is 1. The van der Waals surface area contributed by atoms with E-state index in [1.807, 2.05) is 39.0 Å². The van der Waals surface area contributed by atoms with Gasteiger partial charge in [-0.05, 0) is 35.6 Å². The molecule has 0 amide bonds. The number of carboxylic acids is 1. The Morgan fingerprint density at radius 3 is 2.47 bits per heavy atom. The zero-order chi connectivity index (χ0) is 12.8. The van der Waals surface area contributed by atoms with Gasteiger partial charge in [-0.15, -0.1) is 0 Å². The summed E-state index contributed by atoms with van der Waals surface area (Å²) < 4.78 is 5.16. The number of carboxylic acid groups (broad SMARTS) is 1. The highest BCUT2D eigenvalue weighted by Gasteiger charge is 2.62. The molecule has 1 aliphatic rings. The van der Waals surface area contributed by atoms with Crippen LogP contribution in [0.2, 0.25) is 0 Å². The third kappa shape index (κ3) is 1.79. The van der Waals surface area contributed by atoms with E-state index in [1.165, 1.54) is 0 Å². The topological polar surface area (TPSA) is 46.5 Å². The van der Waals surface area contributed by atoms with Gasteiger partial charge in [-0.1, -0.05) is 19.9 Å². The largest absolute Gasteiger partial charge is 0.497 e. The molecule has 2 rings (SSSR count). The molecule has 0 saturated heterocycles. The van der Waals surface area contributed by atoms with Crippen LogP contribution in [0.1, 0.15) is 30.9 Å². The number of benzene rings is 1. The maximum Gasteiger partial charge on any atom is 0.307 e. The zero-order valence-electron chi connectivity index (χ0n) is 10.7. The van der Waals surface area contributed by atoms with E-state index < -0.39 is 5.97 Å². The lowest BCUT2D eigenvalue weighted by Gasteiger charge is -2.09. The van der Waals surface area contributed by atoms with Crippen LogP contribution in [0.15, 0.2) is 18.2 Å². The minimum absolute atomic E-state index is 0.117. The van der Waals surface area contributed by atoms with Crippen molar-refractivity contribution in [2.45, 2.75) is 26.7 Å². The van der Waals surface area contributed by atoms with Crippen LogP contribution >= 0.6 is 0 Å². The van der Waals surface area contributed by atoms with Crippen LogP contribution in [0.3, 0.4) is 0 Å². The molecule has 1 fully saturated rings. The van der Waals surface area contributed by atoms with Gasteiger partial charge in [0.05, 0.1) is 13.0 Å². The number of ether oxygens (including phenoxy) is 1. The minimum Gasteiger partial charge on any atom is -0.497 e. The molecule has 2 atom stereocenters. The maximum absolute atomic E-state index is 11.2. The first-order valence-corrected chi connectivity index (χ1v) is 5.77. The monoisotopic (exact) mass is 234 g/mol. The fourth-order valence-electron chi connectivity index (χ4n) is 2.80. The highest BCUT2D eigenvalue weighted by molar-refractivity contribution is 5.77. The van der Waals surface area contributed by atoms with Crippen molar-refractivity contribution >= 4 is 5.97 Å². The van der Waals surface area contributed by atoms with E-state index in [-0.39, 0.29) is 17.3 Å². The lowest BCUT2D eigenvalue weighted by atomic mass is 9.99. The number of methoxy groups -OCH3 is 1. The first kappa shape index (κ1) is 12.0. The van der Waals surface area contributed by atoms with Gasteiger partial charge in [-0.2, -0.15) is 0 Å². The molecule has 1 aromatic carbocycles. The molecule has 0 aliphatic heterocycles. The first-order chi connectivity index (χ1) is 7.89. The van der Waals surface area contributed by atoms with Crippen molar-refractivity contribution in [3.63, 3.8) is 0 Å². The first-order valence-electron chi connectivity index (χ1n) is 5.77.